The van der Waals surface area contributed by atoms with Crippen LogP contribution < -0.4 is 16.1 Å². The van der Waals surface area contributed by atoms with E-state index in [-0.39, 0.29) is 5.56 Å². The van der Waals surface area contributed by atoms with Crippen molar-refractivity contribution in [1.82, 2.24) is 9.55 Å². The maximum Gasteiger partial charge on any atom is 0.335 e. The molecule has 7 nitrogen and oxygen atoms in total. The van der Waals surface area contributed by atoms with Crippen molar-refractivity contribution in [2.45, 2.75) is 20.3 Å². The molecule has 0 aliphatic carbocycles. The predicted octanol–water partition coefficient (Wildman–Crippen LogP) is 3.14. The number of aliphatic imine (C=N–C) groups is 1. The van der Waals surface area contributed by atoms with Gasteiger partial charge in [0, 0.05) is 19.8 Å². The van der Waals surface area contributed by atoms with Gasteiger partial charge in [-0.2, -0.15) is 0 Å². The Kier molecular flexibility index (Phi) is 5.68. The molecule has 0 amide bonds. The molecule has 29 heavy (non-hydrogen) atoms. The van der Waals surface area contributed by atoms with Gasteiger partial charge in [-0.3, -0.25) is 14.8 Å². The fraction of sp³-hybridized carbons (Fsp3) is 0.227. The monoisotopic (exact) mass is 392 g/mol. The summed E-state index contributed by atoms with van der Waals surface area (Å²) in [6.07, 6.45) is 0.401. The number of anilines is 1. The molecule has 7 heteroatoms. The molecular weight excluding hydrogens is 368 g/mol. The molecule has 0 fully saturated rings. The number of aromatic amines is 1. The lowest BCUT2D eigenvalue weighted by Crippen LogP contribution is -2.33. The SMILES string of the molecule is CCC(=Nc1ccc(N(C)C)cc1)c1c(O)n(-c2ccccc2C)c(=O)[nH]c1=O. The molecular formula is C22H24N4O3. The van der Waals surface area contributed by atoms with Crippen LogP contribution >= 0.6 is 0 Å². The van der Waals surface area contributed by atoms with Crippen molar-refractivity contribution < 1.29 is 5.11 Å². The van der Waals surface area contributed by atoms with Crippen LogP contribution in [0.25, 0.3) is 5.69 Å². The average Bonchev–Trinajstić information content (AvgIpc) is 2.68. The van der Waals surface area contributed by atoms with Crippen molar-refractivity contribution in [1.29, 1.82) is 0 Å². The highest BCUT2D eigenvalue weighted by molar-refractivity contribution is 6.03. The second-order valence-corrected chi connectivity index (χ2v) is 6.90. The van der Waals surface area contributed by atoms with Gasteiger partial charge in [-0.1, -0.05) is 25.1 Å². The van der Waals surface area contributed by atoms with E-state index < -0.39 is 17.1 Å². The molecule has 2 N–H and O–H groups in total. The molecule has 0 unspecified atom stereocenters. The normalized spacial score (nSPS) is 11.5. The third-order valence-corrected chi connectivity index (χ3v) is 4.70. The van der Waals surface area contributed by atoms with Gasteiger partial charge in [0.2, 0.25) is 5.88 Å². The Balaban J connectivity index is 2.18. The van der Waals surface area contributed by atoms with Gasteiger partial charge in [0.15, 0.2) is 0 Å². The molecule has 0 radical (unpaired) electrons. The van der Waals surface area contributed by atoms with E-state index in [0.29, 0.717) is 23.5 Å². The number of nitrogens with one attached hydrogen (secondary N) is 1. The van der Waals surface area contributed by atoms with E-state index >= 15 is 0 Å². The molecule has 0 saturated heterocycles. The van der Waals surface area contributed by atoms with E-state index in [1.54, 1.807) is 12.1 Å². The summed E-state index contributed by atoms with van der Waals surface area (Å²) in [5.41, 5.74) is 1.99. The zero-order chi connectivity index (χ0) is 21.1. The lowest BCUT2D eigenvalue weighted by molar-refractivity contribution is 0.429. The Bertz CT molecular complexity index is 1170. The summed E-state index contributed by atoms with van der Waals surface area (Å²) < 4.78 is 1.10. The Morgan fingerprint density at radius 3 is 2.34 bits per heavy atom. The van der Waals surface area contributed by atoms with Crippen LogP contribution in [0.4, 0.5) is 11.4 Å². The second kappa shape index (κ2) is 8.18. The van der Waals surface area contributed by atoms with Crippen molar-refractivity contribution in [3.8, 4) is 11.6 Å². The number of rotatable bonds is 5. The van der Waals surface area contributed by atoms with Crippen molar-refractivity contribution in [2.75, 3.05) is 19.0 Å². The van der Waals surface area contributed by atoms with Crippen LogP contribution in [0.1, 0.15) is 24.5 Å². The topological polar surface area (TPSA) is 90.7 Å². The third-order valence-electron chi connectivity index (χ3n) is 4.70. The summed E-state index contributed by atoms with van der Waals surface area (Å²) in [4.78, 5) is 33.8. The number of hydrogen-bond donors (Lipinski definition) is 2. The van der Waals surface area contributed by atoms with Gasteiger partial charge in [0.05, 0.1) is 17.1 Å². The summed E-state index contributed by atoms with van der Waals surface area (Å²) >= 11 is 0. The molecule has 0 atom stereocenters. The van der Waals surface area contributed by atoms with E-state index in [4.69, 9.17) is 0 Å². The Morgan fingerprint density at radius 1 is 1.10 bits per heavy atom. The first-order valence-corrected chi connectivity index (χ1v) is 9.33. The standard InChI is InChI=1S/C22H24N4O3/c1-5-17(23-15-10-12-16(13-11-15)25(3)4)19-20(27)24-22(29)26(21(19)28)18-9-7-6-8-14(18)2/h6-13,28H,5H2,1-4H3,(H,24,27,29). The van der Waals surface area contributed by atoms with Gasteiger partial charge < -0.3 is 10.0 Å². The van der Waals surface area contributed by atoms with Crippen LogP contribution in [0.15, 0.2) is 63.1 Å². The number of benzene rings is 2. The minimum Gasteiger partial charge on any atom is -0.493 e. The third kappa shape index (κ3) is 3.99. The maximum absolute atomic E-state index is 12.5. The highest BCUT2D eigenvalue weighted by Crippen LogP contribution is 2.23. The van der Waals surface area contributed by atoms with Crippen LogP contribution in [0.5, 0.6) is 5.88 Å². The number of aromatic hydroxyl groups is 1. The van der Waals surface area contributed by atoms with Gasteiger partial charge in [-0.05, 0) is 49.2 Å². The summed E-state index contributed by atoms with van der Waals surface area (Å²) in [5, 5.41) is 10.9. The lowest BCUT2D eigenvalue weighted by Gasteiger charge is -2.14. The van der Waals surface area contributed by atoms with Gasteiger partial charge in [0.1, 0.15) is 5.56 Å². The number of H-pyrrole nitrogens is 1. The second-order valence-electron chi connectivity index (χ2n) is 6.90. The fourth-order valence-electron chi connectivity index (χ4n) is 3.12. The highest BCUT2D eigenvalue weighted by Gasteiger charge is 2.20. The van der Waals surface area contributed by atoms with Crippen molar-refractivity contribution in [3.05, 3.63) is 80.5 Å². The van der Waals surface area contributed by atoms with Crippen LogP contribution in [-0.2, 0) is 0 Å². The Labute approximate surface area is 168 Å². The van der Waals surface area contributed by atoms with E-state index in [1.165, 1.54) is 0 Å². The van der Waals surface area contributed by atoms with Crippen LogP contribution in [0, 0.1) is 6.92 Å². The van der Waals surface area contributed by atoms with E-state index in [0.717, 1.165) is 15.8 Å². The Hall–Kier alpha value is -3.61. The molecule has 0 spiro atoms. The molecule has 0 bridgehead atoms. The van der Waals surface area contributed by atoms with E-state index in [1.807, 2.05) is 69.2 Å². The minimum absolute atomic E-state index is 0.00737. The van der Waals surface area contributed by atoms with Crippen molar-refractivity contribution in [3.63, 3.8) is 0 Å². The van der Waals surface area contributed by atoms with E-state index in [2.05, 4.69) is 9.98 Å². The first-order chi connectivity index (χ1) is 13.8. The minimum atomic E-state index is -0.698. The summed E-state index contributed by atoms with van der Waals surface area (Å²) in [6, 6.07) is 14.7. The van der Waals surface area contributed by atoms with Gasteiger partial charge in [-0.25, -0.2) is 9.36 Å². The zero-order valence-corrected chi connectivity index (χ0v) is 16.9. The molecule has 0 aliphatic rings. The highest BCUT2D eigenvalue weighted by atomic mass is 16.3. The van der Waals surface area contributed by atoms with Gasteiger partial charge in [-0.15, -0.1) is 0 Å². The summed E-state index contributed by atoms with van der Waals surface area (Å²) in [5.74, 6) is -0.418. The average molecular weight is 392 g/mol. The van der Waals surface area contributed by atoms with Gasteiger partial charge >= 0.3 is 5.69 Å². The molecule has 3 rings (SSSR count). The first kappa shape index (κ1) is 20.1. The molecule has 1 heterocycles. The lowest BCUT2D eigenvalue weighted by atomic mass is 10.1. The smallest absolute Gasteiger partial charge is 0.335 e. The van der Waals surface area contributed by atoms with Crippen LogP contribution in [-0.4, -0.2) is 34.5 Å². The number of aromatic nitrogens is 2. The number of para-hydroxylation sites is 1. The fourth-order valence-corrected chi connectivity index (χ4v) is 3.12. The molecule has 2 aromatic carbocycles. The maximum atomic E-state index is 12.5. The number of nitrogens with zero attached hydrogens (tertiary/aromatic N) is 3. The Morgan fingerprint density at radius 2 is 1.76 bits per heavy atom. The summed E-state index contributed by atoms with van der Waals surface area (Å²) in [6.45, 7) is 3.67. The van der Waals surface area contributed by atoms with Crippen LogP contribution in [0.3, 0.4) is 0 Å². The zero-order valence-electron chi connectivity index (χ0n) is 16.9. The number of hydrogen-bond acceptors (Lipinski definition) is 5. The van der Waals surface area contributed by atoms with Crippen molar-refractivity contribution >= 4 is 17.1 Å². The summed E-state index contributed by atoms with van der Waals surface area (Å²) in [7, 11) is 3.89. The molecule has 0 aliphatic heterocycles. The van der Waals surface area contributed by atoms with Gasteiger partial charge in [0.25, 0.3) is 5.56 Å². The predicted molar refractivity (Wildman–Crippen MR) is 116 cm³/mol. The largest absolute Gasteiger partial charge is 0.493 e. The molecule has 150 valence electrons. The number of aryl methyl sites for hydroxylation is 1. The van der Waals surface area contributed by atoms with E-state index in [9.17, 15) is 14.7 Å². The quantitative estimate of drug-likeness (QED) is 0.653. The molecule has 3 aromatic rings. The van der Waals surface area contributed by atoms with Crippen molar-refractivity contribution in [2.24, 2.45) is 4.99 Å². The molecule has 1 aromatic heterocycles. The first-order valence-electron chi connectivity index (χ1n) is 9.33. The molecule has 0 saturated carbocycles. The van der Waals surface area contributed by atoms with Crippen LogP contribution in [0.2, 0.25) is 0 Å².